The van der Waals surface area contributed by atoms with E-state index in [9.17, 15) is 4.79 Å². The van der Waals surface area contributed by atoms with Crippen molar-refractivity contribution in [2.75, 3.05) is 7.11 Å². The molecule has 28 heavy (non-hydrogen) atoms. The van der Waals surface area contributed by atoms with E-state index >= 15 is 0 Å². The number of amides is 1. The number of methoxy groups -OCH3 is 1. The van der Waals surface area contributed by atoms with Crippen LogP contribution in [-0.4, -0.2) is 32.6 Å². The van der Waals surface area contributed by atoms with Crippen LogP contribution in [0.2, 0.25) is 0 Å². The molecular weight excluding hydrogens is 354 g/mol. The number of nitrogens with zero attached hydrogens (tertiary/aromatic N) is 4. The lowest BCUT2D eigenvalue weighted by Gasteiger charge is -2.24. The number of carbonyl (C=O) groups excluding carboxylic acids is 1. The number of hydrogen-bond acceptors (Lipinski definition) is 4. The van der Waals surface area contributed by atoms with Crippen molar-refractivity contribution >= 4 is 5.91 Å². The van der Waals surface area contributed by atoms with Gasteiger partial charge in [0.25, 0.3) is 0 Å². The van der Waals surface area contributed by atoms with Crippen molar-refractivity contribution in [3.05, 3.63) is 59.7 Å². The molecule has 0 aliphatic heterocycles. The summed E-state index contributed by atoms with van der Waals surface area (Å²) in [6.45, 7) is 2.53. The van der Waals surface area contributed by atoms with Gasteiger partial charge in [-0.25, -0.2) is 4.68 Å². The second kappa shape index (κ2) is 7.88. The van der Waals surface area contributed by atoms with Crippen LogP contribution < -0.4 is 10.1 Å². The van der Waals surface area contributed by atoms with Crippen LogP contribution in [0, 0.1) is 6.92 Å². The summed E-state index contributed by atoms with van der Waals surface area (Å²) in [5.41, 5.74) is 4.25. The summed E-state index contributed by atoms with van der Waals surface area (Å²) < 4.78 is 9.01. The molecule has 0 bridgehead atoms. The Balaban J connectivity index is 1.45. The Bertz CT molecular complexity index is 958. The van der Waals surface area contributed by atoms with Gasteiger partial charge < -0.3 is 10.1 Å². The maximum atomic E-state index is 12.5. The van der Waals surface area contributed by atoms with Gasteiger partial charge in [-0.3, -0.25) is 9.48 Å². The molecule has 1 N–H and O–H groups in total. The van der Waals surface area contributed by atoms with Crippen molar-refractivity contribution < 1.29 is 9.53 Å². The average molecular weight is 379 g/mol. The Hall–Kier alpha value is -3.09. The number of benzene rings is 1. The van der Waals surface area contributed by atoms with Crippen molar-refractivity contribution in [1.82, 2.24) is 24.9 Å². The summed E-state index contributed by atoms with van der Waals surface area (Å²) >= 11 is 0. The molecule has 7 nitrogen and oxygen atoms in total. The molecule has 0 saturated carbocycles. The molecule has 1 unspecified atom stereocenters. The zero-order valence-electron chi connectivity index (χ0n) is 16.3. The highest BCUT2D eigenvalue weighted by atomic mass is 16.5. The Labute approximate surface area is 164 Å². The average Bonchev–Trinajstić information content (AvgIpc) is 3.33. The summed E-state index contributed by atoms with van der Waals surface area (Å²) in [5, 5.41) is 12.1. The minimum Gasteiger partial charge on any atom is -0.497 e. The first-order valence-corrected chi connectivity index (χ1v) is 9.64. The number of carbonyl (C=O) groups is 1. The van der Waals surface area contributed by atoms with Gasteiger partial charge in [0.05, 0.1) is 30.7 Å². The lowest BCUT2D eigenvalue weighted by molar-refractivity contribution is -0.122. The van der Waals surface area contributed by atoms with Crippen molar-refractivity contribution in [3.8, 4) is 11.4 Å². The molecule has 146 valence electrons. The highest BCUT2D eigenvalue weighted by molar-refractivity contribution is 5.76. The predicted octanol–water partition coefficient (Wildman–Crippen LogP) is 2.97. The van der Waals surface area contributed by atoms with Gasteiger partial charge in [-0.2, -0.15) is 10.2 Å². The van der Waals surface area contributed by atoms with E-state index in [4.69, 9.17) is 4.74 Å². The van der Waals surface area contributed by atoms with Crippen molar-refractivity contribution in [1.29, 1.82) is 0 Å². The molecule has 0 radical (unpaired) electrons. The van der Waals surface area contributed by atoms with Crippen LogP contribution in [0.25, 0.3) is 5.69 Å². The second-order valence-corrected chi connectivity index (χ2v) is 7.14. The molecule has 1 atom stereocenters. The third-order valence-electron chi connectivity index (χ3n) is 5.18. The van der Waals surface area contributed by atoms with E-state index < -0.39 is 0 Å². The van der Waals surface area contributed by atoms with Gasteiger partial charge in [-0.05, 0) is 56.5 Å². The van der Waals surface area contributed by atoms with Gasteiger partial charge in [-0.1, -0.05) is 0 Å². The normalized spacial score (nSPS) is 15.9. The number of rotatable bonds is 6. The molecule has 2 heterocycles. The van der Waals surface area contributed by atoms with Crippen LogP contribution in [0.4, 0.5) is 0 Å². The fourth-order valence-electron chi connectivity index (χ4n) is 3.72. The maximum Gasteiger partial charge on any atom is 0.222 e. The fraction of sp³-hybridized carbons (Fsp3) is 0.381. The number of nitrogens with one attached hydrogen (secondary N) is 1. The molecule has 1 amide bonds. The third kappa shape index (κ3) is 3.78. The molecular formula is C21H25N5O2. The number of hydrogen-bond donors (Lipinski definition) is 1. The van der Waals surface area contributed by atoms with E-state index in [0.717, 1.165) is 42.0 Å². The van der Waals surface area contributed by atoms with Gasteiger partial charge in [0.15, 0.2) is 0 Å². The van der Waals surface area contributed by atoms with Gasteiger partial charge in [0, 0.05) is 30.4 Å². The molecule has 3 aromatic rings. The van der Waals surface area contributed by atoms with Crippen LogP contribution in [0.1, 0.15) is 42.3 Å². The minimum absolute atomic E-state index is 0.0163. The zero-order valence-corrected chi connectivity index (χ0v) is 16.3. The fourth-order valence-corrected chi connectivity index (χ4v) is 3.72. The topological polar surface area (TPSA) is 74.0 Å². The third-order valence-corrected chi connectivity index (χ3v) is 5.18. The second-order valence-electron chi connectivity index (χ2n) is 7.14. The van der Waals surface area contributed by atoms with E-state index in [1.165, 1.54) is 5.69 Å². The van der Waals surface area contributed by atoms with Gasteiger partial charge in [-0.15, -0.1) is 0 Å². The molecule has 4 rings (SSSR count). The van der Waals surface area contributed by atoms with E-state index in [2.05, 4.69) is 15.5 Å². The summed E-state index contributed by atoms with van der Waals surface area (Å²) in [6, 6.07) is 9.83. The van der Waals surface area contributed by atoms with E-state index in [1.807, 2.05) is 59.0 Å². The van der Waals surface area contributed by atoms with Crippen LogP contribution in [0.3, 0.4) is 0 Å². The van der Waals surface area contributed by atoms with E-state index in [1.54, 1.807) is 7.11 Å². The van der Waals surface area contributed by atoms with Crippen molar-refractivity contribution in [2.24, 2.45) is 0 Å². The molecule has 2 aromatic heterocycles. The molecule has 1 aliphatic carbocycles. The van der Waals surface area contributed by atoms with Gasteiger partial charge in [0.1, 0.15) is 5.75 Å². The van der Waals surface area contributed by atoms with Gasteiger partial charge >= 0.3 is 0 Å². The summed E-state index contributed by atoms with van der Waals surface area (Å²) in [4.78, 5) is 12.5. The molecule has 1 aromatic carbocycles. The zero-order chi connectivity index (χ0) is 19.5. The Kier molecular flexibility index (Phi) is 5.14. The van der Waals surface area contributed by atoms with Crippen LogP contribution >= 0.6 is 0 Å². The lowest BCUT2D eigenvalue weighted by atomic mass is 9.92. The number of fused-ring (bicyclic) bond motifs is 1. The van der Waals surface area contributed by atoms with E-state index in [0.29, 0.717) is 13.0 Å². The standard InChI is InChI=1S/C21H25N5O2/c1-15-10-12-25(24-15)13-11-21(27)23-19-4-3-5-20-18(19)14-22-26(20)16-6-8-17(28-2)9-7-16/h6-10,12,14,19H,3-5,11,13H2,1-2H3,(H,23,27). The largest absolute Gasteiger partial charge is 0.497 e. The summed E-state index contributed by atoms with van der Waals surface area (Å²) in [6.07, 6.45) is 7.13. The lowest BCUT2D eigenvalue weighted by Crippen LogP contribution is -2.31. The van der Waals surface area contributed by atoms with Crippen LogP contribution in [0.15, 0.2) is 42.7 Å². The number of ether oxygens (including phenoxy) is 1. The Morgan fingerprint density at radius 2 is 2.11 bits per heavy atom. The van der Waals surface area contributed by atoms with Crippen LogP contribution in [0.5, 0.6) is 5.75 Å². The van der Waals surface area contributed by atoms with E-state index in [-0.39, 0.29) is 11.9 Å². The Morgan fingerprint density at radius 3 is 2.82 bits per heavy atom. The monoisotopic (exact) mass is 379 g/mol. The summed E-state index contributed by atoms with van der Waals surface area (Å²) in [5.74, 6) is 0.866. The highest BCUT2D eigenvalue weighted by Crippen LogP contribution is 2.31. The van der Waals surface area contributed by atoms with Crippen molar-refractivity contribution in [2.45, 2.75) is 45.2 Å². The Morgan fingerprint density at radius 1 is 1.29 bits per heavy atom. The molecule has 7 heteroatoms. The minimum atomic E-state index is 0.0163. The first-order chi connectivity index (χ1) is 13.6. The first-order valence-electron chi connectivity index (χ1n) is 9.64. The highest BCUT2D eigenvalue weighted by Gasteiger charge is 2.26. The SMILES string of the molecule is COc1ccc(-n2ncc3c2CCCC3NC(=O)CCn2ccc(C)n2)cc1. The van der Waals surface area contributed by atoms with Crippen molar-refractivity contribution in [3.63, 3.8) is 0 Å². The molecule has 0 fully saturated rings. The number of aromatic nitrogens is 4. The first kappa shape index (κ1) is 18.3. The van der Waals surface area contributed by atoms with Crippen LogP contribution in [-0.2, 0) is 17.8 Å². The maximum absolute atomic E-state index is 12.5. The quantitative estimate of drug-likeness (QED) is 0.715. The molecule has 1 aliphatic rings. The predicted molar refractivity (Wildman–Crippen MR) is 106 cm³/mol. The smallest absolute Gasteiger partial charge is 0.222 e. The number of aryl methyl sites for hydroxylation is 2. The molecule has 0 saturated heterocycles. The van der Waals surface area contributed by atoms with Gasteiger partial charge in [0.2, 0.25) is 5.91 Å². The molecule has 0 spiro atoms. The summed E-state index contributed by atoms with van der Waals surface area (Å²) in [7, 11) is 1.66.